The Labute approximate surface area is 145 Å². The molecule has 0 aliphatic heterocycles. The predicted molar refractivity (Wildman–Crippen MR) is 99.9 cm³/mol. The van der Waals surface area contributed by atoms with E-state index >= 15 is 0 Å². The lowest BCUT2D eigenvalue weighted by molar-refractivity contribution is -0.122. The van der Waals surface area contributed by atoms with E-state index in [1.807, 2.05) is 60.7 Å². The van der Waals surface area contributed by atoms with E-state index in [0.717, 1.165) is 24.2 Å². The first kappa shape index (κ1) is 18.2. The molecule has 2 rings (SSSR count). The first-order valence-electron chi connectivity index (χ1n) is 8.71. The van der Waals surface area contributed by atoms with Gasteiger partial charge in [0.15, 0.2) is 0 Å². The number of primary amides is 1. The minimum atomic E-state index is -0.815. The molecule has 0 aliphatic carbocycles. The first-order chi connectivity index (χ1) is 11.6. The van der Waals surface area contributed by atoms with Crippen molar-refractivity contribution in [2.24, 2.45) is 5.73 Å². The van der Waals surface area contributed by atoms with Crippen LogP contribution in [0.15, 0.2) is 60.7 Å². The van der Waals surface area contributed by atoms with Crippen LogP contribution in [0.25, 0.3) is 0 Å². The van der Waals surface area contributed by atoms with Crippen LogP contribution in [0.1, 0.15) is 38.3 Å². The molecule has 0 fully saturated rings. The Bertz CT molecular complexity index is 596. The number of hydrogen-bond acceptors (Lipinski definition) is 2. The lowest BCUT2D eigenvalue weighted by Crippen LogP contribution is -2.47. The fraction of sp³-hybridized carbons (Fsp3) is 0.381. The van der Waals surface area contributed by atoms with Crippen molar-refractivity contribution in [1.29, 1.82) is 0 Å². The molecule has 1 unspecified atom stereocenters. The van der Waals surface area contributed by atoms with Gasteiger partial charge in [-0.25, -0.2) is 0 Å². The number of amides is 1. The number of nitrogens with two attached hydrogens (primary N) is 1. The van der Waals surface area contributed by atoms with E-state index in [-0.39, 0.29) is 11.9 Å². The van der Waals surface area contributed by atoms with Crippen molar-refractivity contribution in [2.45, 2.75) is 38.6 Å². The van der Waals surface area contributed by atoms with Gasteiger partial charge in [0.25, 0.3) is 0 Å². The smallest absolute Gasteiger partial charge is 0.232 e. The van der Waals surface area contributed by atoms with Crippen LogP contribution >= 0.6 is 0 Å². The average Bonchev–Trinajstić information content (AvgIpc) is 2.62. The van der Waals surface area contributed by atoms with Crippen molar-refractivity contribution in [3.05, 3.63) is 71.8 Å². The second-order valence-electron chi connectivity index (χ2n) is 6.28. The highest BCUT2D eigenvalue weighted by Crippen LogP contribution is 2.37. The van der Waals surface area contributed by atoms with Crippen molar-refractivity contribution in [3.63, 3.8) is 0 Å². The van der Waals surface area contributed by atoms with Crippen LogP contribution in [0.4, 0.5) is 0 Å². The lowest BCUT2D eigenvalue weighted by atomic mass is 9.69. The number of hydrogen-bond donors (Lipinski definition) is 1. The van der Waals surface area contributed by atoms with E-state index in [9.17, 15) is 4.79 Å². The standard InChI is InChI=1S/C21H28N2O/c1-4-23(5-2)17(3)16-21(20(22)24,18-12-8-6-9-13-18)19-14-10-7-11-15-19/h6-15,17H,4-5,16H2,1-3H3,(H2,22,24). The van der Waals surface area contributed by atoms with Crippen molar-refractivity contribution >= 4 is 5.91 Å². The summed E-state index contributed by atoms with van der Waals surface area (Å²) in [5.74, 6) is -0.293. The molecule has 2 N–H and O–H groups in total. The van der Waals surface area contributed by atoms with Gasteiger partial charge in [-0.1, -0.05) is 74.5 Å². The summed E-state index contributed by atoms with van der Waals surface area (Å²) >= 11 is 0. The fourth-order valence-corrected chi connectivity index (χ4v) is 3.65. The molecule has 3 nitrogen and oxygen atoms in total. The van der Waals surface area contributed by atoms with Crippen LogP contribution in [0.3, 0.4) is 0 Å². The minimum Gasteiger partial charge on any atom is -0.369 e. The number of carbonyl (C=O) groups is 1. The summed E-state index contributed by atoms with van der Waals surface area (Å²) in [5, 5.41) is 0. The van der Waals surface area contributed by atoms with Crippen molar-refractivity contribution in [3.8, 4) is 0 Å². The van der Waals surface area contributed by atoms with Crippen LogP contribution in [0.2, 0.25) is 0 Å². The number of benzene rings is 2. The molecular formula is C21H28N2O. The molecule has 0 saturated heterocycles. The van der Waals surface area contributed by atoms with Gasteiger partial charge in [-0.05, 0) is 37.6 Å². The minimum absolute atomic E-state index is 0.243. The van der Waals surface area contributed by atoms with E-state index < -0.39 is 5.41 Å². The maximum Gasteiger partial charge on any atom is 0.232 e. The third-order valence-electron chi connectivity index (χ3n) is 4.99. The maximum atomic E-state index is 12.8. The summed E-state index contributed by atoms with van der Waals surface area (Å²) in [6, 6.07) is 20.1. The highest BCUT2D eigenvalue weighted by atomic mass is 16.1. The highest BCUT2D eigenvalue weighted by molar-refractivity contribution is 5.90. The largest absolute Gasteiger partial charge is 0.369 e. The maximum absolute atomic E-state index is 12.8. The summed E-state index contributed by atoms with van der Waals surface area (Å²) in [7, 11) is 0. The topological polar surface area (TPSA) is 46.3 Å². The Morgan fingerprint density at radius 1 is 0.958 bits per heavy atom. The molecule has 128 valence electrons. The molecule has 1 atom stereocenters. The SMILES string of the molecule is CCN(CC)C(C)CC(C(N)=O)(c1ccccc1)c1ccccc1. The fourth-order valence-electron chi connectivity index (χ4n) is 3.65. The van der Waals surface area contributed by atoms with E-state index in [1.165, 1.54) is 0 Å². The summed E-state index contributed by atoms with van der Waals surface area (Å²) < 4.78 is 0. The molecule has 0 saturated carbocycles. The van der Waals surface area contributed by atoms with Crippen molar-refractivity contribution < 1.29 is 4.79 Å². The lowest BCUT2D eigenvalue weighted by Gasteiger charge is -2.37. The monoisotopic (exact) mass is 324 g/mol. The number of rotatable bonds is 8. The molecule has 24 heavy (non-hydrogen) atoms. The van der Waals surface area contributed by atoms with Crippen LogP contribution < -0.4 is 5.73 Å². The summed E-state index contributed by atoms with van der Waals surface area (Å²) in [5.41, 5.74) is 7.12. The summed E-state index contributed by atoms with van der Waals surface area (Å²) in [4.78, 5) is 15.1. The highest BCUT2D eigenvalue weighted by Gasteiger charge is 2.42. The quantitative estimate of drug-likeness (QED) is 0.807. The van der Waals surface area contributed by atoms with Crippen LogP contribution in [0.5, 0.6) is 0 Å². The molecule has 2 aromatic carbocycles. The number of nitrogens with zero attached hydrogens (tertiary/aromatic N) is 1. The van der Waals surface area contributed by atoms with Crippen molar-refractivity contribution in [2.75, 3.05) is 13.1 Å². The molecular weight excluding hydrogens is 296 g/mol. The van der Waals surface area contributed by atoms with Crippen LogP contribution in [-0.2, 0) is 10.2 Å². The van der Waals surface area contributed by atoms with Gasteiger partial charge in [0.2, 0.25) is 5.91 Å². The number of carbonyl (C=O) groups excluding carboxylic acids is 1. The Morgan fingerprint density at radius 2 is 1.38 bits per heavy atom. The Hall–Kier alpha value is -2.13. The summed E-state index contributed by atoms with van der Waals surface area (Å²) in [6.07, 6.45) is 0.665. The molecule has 0 heterocycles. The molecule has 0 aliphatic rings. The molecule has 2 aromatic rings. The Kier molecular flexibility index (Phi) is 6.16. The second kappa shape index (κ2) is 8.11. The van der Waals surface area contributed by atoms with Gasteiger partial charge in [-0.15, -0.1) is 0 Å². The van der Waals surface area contributed by atoms with Gasteiger partial charge in [-0.2, -0.15) is 0 Å². The zero-order chi connectivity index (χ0) is 17.6. The zero-order valence-corrected chi connectivity index (χ0v) is 14.9. The second-order valence-corrected chi connectivity index (χ2v) is 6.28. The molecule has 0 aromatic heterocycles. The van der Waals surface area contributed by atoms with E-state index in [0.29, 0.717) is 6.42 Å². The zero-order valence-electron chi connectivity index (χ0n) is 14.9. The van der Waals surface area contributed by atoms with Crippen LogP contribution in [0, 0.1) is 0 Å². The van der Waals surface area contributed by atoms with E-state index in [2.05, 4.69) is 25.7 Å². The van der Waals surface area contributed by atoms with Gasteiger partial charge in [0.1, 0.15) is 5.41 Å². The van der Waals surface area contributed by atoms with E-state index in [4.69, 9.17) is 5.73 Å². The first-order valence-corrected chi connectivity index (χ1v) is 8.71. The van der Waals surface area contributed by atoms with Crippen molar-refractivity contribution in [1.82, 2.24) is 4.90 Å². The van der Waals surface area contributed by atoms with Gasteiger partial charge < -0.3 is 10.6 Å². The Balaban J connectivity index is 2.58. The van der Waals surface area contributed by atoms with Gasteiger partial charge in [0.05, 0.1) is 0 Å². The van der Waals surface area contributed by atoms with Gasteiger partial charge in [-0.3, -0.25) is 4.79 Å². The van der Waals surface area contributed by atoms with E-state index in [1.54, 1.807) is 0 Å². The Morgan fingerprint density at radius 3 is 1.71 bits per heavy atom. The van der Waals surface area contributed by atoms with Crippen LogP contribution in [-0.4, -0.2) is 29.9 Å². The average molecular weight is 324 g/mol. The third kappa shape index (κ3) is 3.51. The molecule has 3 heteroatoms. The summed E-state index contributed by atoms with van der Waals surface area (Å²) in [6.45, 7) is 8.39. The third-order valence-corrected chi connectivity index (χ3v) is 4.99. The molecule has 0 bridgehead atoms. The molecule has 1 amide bonds. The normalized spacial score (nSPS) is 13.0. The molecule has 0 radical (unpaired) electrons. The van der Waals surface area contributed by atoms with Gasteiger partial charge >= 0.3 is 0 Å². The molecule has 0 spiro atoms. The predicted octanol–water partition coefficient (Wildman–Crippen LogP) is 3.58. The van der Waals surface area contributed by atoms with Gasteiger partial charge in [0, 0.05) is 6.04 Å².